The Morgan fingerprint density at radius 3 is 2.57 bits per heavy atom. The van der Waals surface area contributed by atoms with E-state index in [2.05, 4.69) is 33.1 Å². The van der Waals surface area contributed by atoms with Crippen molar-refractivity contribution < 1.29 is 14.3 Å². The van der Waals surface area contributed by atoms with E-state index < -0.39 is 0 Å². The van der Waals surface area contributed by atoms with Gasteiger partial charge in [0.05, 0.1) is 17.3 Å². The Morgan fingerprint density at radius 2 is 1.81 bits per heavy atom. The number of ether oxygens (including phenoxy) is 2. The summed E-state index contributed by atoms with van der Waals surface area (Å²) >= 11 is 0. The zero-order valence-electron chi connectivity index (χ0n) is 24.8. The Hall–Kier alpha value is -3.50. The van der Waals surface area contributed by atoms with Gasteiger partial charge in [-0.2, -0.15) is 4.98 Å². The lowest BCUT2D eigenvalue weighted by atomic mass is 10.0. The Morgan fingerprint density at radius 1 is 1.02 bits per heavy atom. The molecule has 10 heteroatoms. The van der Waals surface area contributed by atoms with Crippen molar-refractivity contribution in [1.82, 2.24) is 19.4 Å². The SMILES string of the molecule is CC(=O)c1c(C)c2cnc(Nc3cc(C)c4c(c3)OC[C@H]3CN(C5CCOCC5)CCN43)nc2n(C2CCCC2)c1=O. The molecular formula is C32H40N6O4. The number of rotatable bonds is 5. The summed E-state index contributed by atoms with van der Waals surface area (Å²) in [6, 6.07) is 5.15. The molecule has 3 aliphatic heterocycles. The van der Waals surface area contributed by atoms with Crippen molar-refractivity contribution in [2.75, 3.05) is 49.7 Å². The van der Waals surface area contributed by atoms with Crippen LogP contribution in [0.1, 0.15) is 73.0 Å². The van der Waals surface area contributed by atoms with Crippen LogP contribution in [0.4, 0.5) is 17.3 Å². The van der Waals surface area contributed by atoms with Crippen molar-refractivity contribution in [3.8, 4) is 5.75 Å². The predicted molar refractivity (Wildman–Crippen MR) is 163 cm³/mol. The second-order valence-corrected chi connectivity index (χ2v) is 12.4. The highest BCUT2D eigenvalue weighted by Crippen LogP contribution is 2.41. The molecule has 42 heavy (non-hydrogen) atoms. The van der Waals surface area contributed by atoms with Gasteiger partial charge < -0.3 is 19.7 Å². The van der Waals surface area contributed by atoms with Crippen molar-refractivity contribution in [3.05, 3.63) is 45.4 Å². The van der Waals surface area contributed by atoms with E-state index in [1.54, 1.807) is 10.8 Å². The van der Waals surface area contributed by atoms with Gasteiger partial charge in [-0.15, -0.1) is 0 Å². The third-order valence-corrected chi connectivity index (χ3v) is 9.71. The summed E-state index contributed by atoms with van der Waals surface area (Å²) < 4.78 is 13.7. The largest absolute Gasteiger partial charge is 0.489 e. The third-order valence-electron chi connectivity index (χ3n) is 9.71. The topological polar surface area (TPSA) is 102 Å². The zero-order chi connectivity index (χ0) is 29.0. The summed E-state index contributed by atoms with van der Waals surface area (Å²) in [7, 11) is 0. The maximum absolute atomic E-state index is 13.6. The fourth-order valence-electron chi connectivity index (χ4n) is 7.62. The number of ketones is 1. The van der Waals surface area contributed by atoms with Gasteiger partial charge in [-0.25, -0.2) is 4.98 Å². The van der Waals surface area contributed by atoms with Crippen LogP contribution in [0.3, 0.4) is 0 Å². The van der Waals surface area contributed by atoms with Crippen LogP contribution in [0.5, 0.6) is 5.75 Å². The molecule has 1 aliphatic carbocycles. The average Bonchev–Trinajstić information content (AvgIpc) is 3.51. The lowest BCUT2D eigenvalue weighted by Gasteiger charge is -2.48. The number of pyridine rings is 1. The number of nitrogens with zero attached hydrogens (tertiary/aromatic N) is 5. The van der Waals surface area contributed by atoms with Gasteiger partial charge in [0.25, 0.3) is 5.56 Å². The van der Waals surface area contributed by atoms with Crippen LogP contribution < -0.4 is 20.5 Å². The van der Waals surface area contributed by atoms with Gasteiger partial charge in [0, 0.05) is 68.3 Å². The number of aromatic nitrogens is 3. The smallest absolute Gasteiger partial charge is 0.263 e. The number of hydrogen-bond acceptors (Lipinski definition) is 9. The number of piperazine rings is 1. The van der Waals surface area contributed by atoms with Crippen LogP contribution in [-0.2, 0) is 4.74 Å². The lowest BCUT2D eigenvalue weighted by Crippen LogP contribution is -2.60. The molecule has 2 aromatic heterocycles. The van der Waals surface area contributed by atoms with Gasteiger partial charge in [-0.1, -0.05) is 12.8 Å². The second kappa shape index (κ2) is 11.0. The van der Waals surface area contributed by atoms with Gasteiger partial charge in [-0.05, 0) is 63.6 Å². The van der Waals surface area contributed by atoms with Crippen LogP contribution in [-0.4, -0.2) is 76.8 Å². The molecule has 0 bridgehead atoms. The highest BCUT2D eigenvalue weighted by Gasteiger charge is 2.36. The fourth-order valence-corrected chi connectivity index (χ4v) is 7.62. The minimum absolute atomic E-state index is 0.0423. The second-order valence-electron chi connectivity index (χ2n) is 12.4. The Balaban J connectivity index is 1.18. The van der Waals surface area contributed by atoms with Crippen molar-refractivity contribution in [3.63, 3.8) is 0 Å². The van der Waals surface area contributed by atoms with Crippen molar-refractivity contribution in [2.45, 2.75) is 77.4 Å². The first-order chi connectivity index (χ1) is 20.4. The molecule has 1 aromatic carbocycles. The summed E-state index contributed by atoms with van der Waals surface area (Å²) in [4.78, 5) is 40.6. The Labute approximate surface area is 246 Å². The van der Waals surface area contributed by atoms with Gasteiger partial charge in [-0.3, -0.25) is 19.1 Å². The average molecular weight is 573 g/mol. The first-order valence-electron chi connectivity index (χ1n) is 15.4. The van der Waals surface area contributed by atoms with Gasteiger partial charge in [0.2, 0.25) is 5.95 Å². The normalized spacial score (nSPS) is 21.7. The summed E-state index contributed by atoms with van der Waals surface area (Å²) in [5.74, 6) is 1.07. The number of nitrogens with one attached hydrogen (secondary N) is 1. The molecule has 7 rings (SSSR count). The standard InChI is InChI=1S/C32H40N6O4/c1-19-14-22(15-27-29(19)37-11-10-36(17-25(37)18-42-27)23-8-12-41-13-9-23)34-32-33-16-26-20(2)28(21(3)39)31(40)38(30(26)35-32)24-6-4-5-7-24/h14-16,23-25H,4-13,17-18H2,1-3H3,(H,33,34,35)/t25-/m1/s1. The highest BCUT2D eigenvalue weighted by atomic mass is 16.5. The number of fused-ring (bicyclic) bond motifs is 4. The monoisotopic (exact) mass is 572 g/mol. The van der Waals surface area contributed by atoms with Crippen LogP contribution >= 0.6 is 0 Å². The van der Waals surface area contributed by atoms with E-state index >= 15 is 0 Å². The molecule has 1 N–H and O–H groups in total. The molecule has 0 unspecified atom stereocenters. The van der Waals surface area contributed by atoms with E-state index in [9.17, 15) is 9.59 Å². The molecule has 10 nitrogen and oxygen atoms in total. The van der Waals surface area contributed by atoms with E-state index in [0.717, 1.165) is 93.8 Å². The zero-order valence-corrected chi connectivity index (χ0v) is 24.8. The van der Waals surface area contributed by atoms with Crippen LogP contribution in [0.25, 0.3) is 11.0 Å². The van der Waals surface area contributed by atoms with Crippen molar-refractivity contribution in [2.24, 2.45) is 0 Å². The minimum Gasteiger partial charge on any atom is -0.489 e. The first kappa shape index (κ1) is 27.3. The fraction of sp³-hybridized carbons (Fsp3) is 0.562. The molecule has 4 aliphatic rings. The van der Waals surface area contributed by atoms with E-state index in [0.29, 0.717) is 35.8 Å². The van der Waals surface area contributed by atoms with E-state index in [1.165, 1.54) is 12.6 Å². The molecule has 2 saturated heterocycles. The molecule has 3 aromatic rings. The van der Waals surface area contributed by atoms with E-state index in [4.69, 9.17) is 14.5 Å². The van der Waals surface area contributed by atoms with Gasteiger partial charge in [0.15, 0.2) is 5.78 Å². The van der Waals surface area contributed by atoms with E-state index in [-0.39, 0.29) is 22.9 Å². The molecule has 0 radical (unpaired) electrons. The van der Waals surface area contributed by atoms with Crippen molar-refractivity contribution >= 4 is 34.1 Å². The minimum atomic E-state index is -0.242. The maximum atomic E-state index is 13.6. The number of Topliss-reactive ketones (excluding diaryl/α,β-unsaturated/α-hetero) is 1. The summed E-state index contributed by atoms with van der Waals surface area (Å²) in [5.41, 5.74) is 4.39. The predicted octanol–water partition coefficient (Wildman–Crippen LogP) is 4.53. The maximum Gasteiger partial charge on any atom is 0.263 e. The number of aryl methyl sites for hydroxylation is 2. The van der Waals surface area contributed by atoms with Gasteiger partial charge >= 0.3 is 0 Å². The number of benzene rings is 1. The third kappa shape index (κ3) is 4.74. The lowest BCUT2D eigenvalue weighted by molar-refractivity contribution is 0.0231. The summed E-state index contributed by atoms with van der Waals surface area (Å²) in [6.45, 7) is 10.8. The number of anilines is 3. The molecule has 1 atom stereocenters. The van der Waals surface area contributed by atoms with Gasteiger partial charge in [0.1, 0.15) is 18.0 Å². The molecule has 1 saturated carbocycles. The summed E-state index contributed by atoms with van der Waals surface area (Å²) in [6.07, 6.45) is 7.92. The Bertz CT molecular complexity index is 1590. The Kier molecular flexibility index (Phi) is 7.14. The summed E-state index contributed by atoms with van der Waals surface area (Å²) in [5, 5.41) is 4.12. The van der Waals surface area contributed by atoms with Crippen LogP contribution in [0, 0.1) is 13.8 Å². The van der Waals surface area contributed by atoms with Crippen molar-refractivity contribution in [1.29, 1.82) is 0 Å². The first-order valence-corrected chi connectivity index (χ1v) is 15.4. The molecule has 5 heterocycles. The number of carbonyl (C=O) groups is 1. The number of hydrogen-bond donors (Lipinski definition) is 1. The van der Waals surface area contributed by atoms with E-state index in [1.807, 2.05) is 13.0 Å². The quantitative estimate of drug-likeness (QED) is 0.442. The molecule has 222 valence electrons. The highest BCUT2D eigenvalue weighted by molar-refractivity contribution is 5.99. The molecule has 3 fully saturated rings. The molecule has 0 spiro atoms. The van der Waals surface area contributed by atoms with Crippen LogP contribution in [0.15, 0.2) is 23.1 Å². The van der Waals surface area contributed by atoms with Crippen LogP contribution in [0.2, 0.25) is 0 Å². The number of carbonyl (C=O) groups excluding carboxylic acids is 1. The molecule has 0 amide bonds. The molecular weight excluding hydrogens is 532 g/mol.